The first-order chi connectivity index (χ1) is 16.2. The van der Waals surface area contributed by atoms with Crippen LogP contribution in [-0.2, 0) is 11.3 Å². The maximum absolute atomic E-state index is 13.7. The highest BCUT2D eigenvalue weighted by molar-refractivity contribution is 5.58. The fourth-order valence-electron chi connectivity index (χ4n) is 4.80. The van der Waals surface area contributed by atoms with Gasteiger partial charge in [-0.2, -0.15) is 0 Å². The van der Waals surface area contributed by atoms with Crippen LogP contribution in [0.25, 0.3) is 0 Å². The molecule has 9 heteroatoms. The van der Waals surface area contributed by atoms with E-state index in [1.54, 1.807) is 7.11 Å². The van der Waals surface area contributed by atoms with E-state index >= 15 is 0 Å². The molecule has 2 aromatic carbocycles. The molecule has 33 heavy (non-hydrogen) atoms. The number of piperazine rings is 1. The standard InChI is InChI=1S/C24H29FN6O2/c1-32-22-7-3-2-6-21(22)29-12-14-30(15-13-29)23(18-8-10-19(25)11-9-18)24-26-27-28-31(24)17-20-5-4-16-33-20/h2-3,6-11,20,23H,4-5,12-17H2,1H3. The highest BCUT2D eigenvalue weighted by Crippen LogP contribution is 2.32. The van der Waals surface area contributed by atoms with Crippen LogP contribution in [0, 0.1) is 5.82 Å². The van der Waals surface area contributed by atoms with Crippen LogP contribution in [0.3, 0.4) is 0 Å². The first-order valence-corrected chi connectivity index (χ1v) is 11.5. The highest BCUT2D eigenvalue weighted by Gasteiger charge is 2.32. The number of anilines is 1. The third-order valence-corrected chi connectivity index (χ3v) is 6.50. The van der Waals surface area contributed by atoms with Crippen LogP contribution in [0.5, 0.6) is 5.75 Å². The van der Waals surface area contributed by atoms with Gasteiger partial charge in [0.1, 0.15) is 11.6 Å². The molecule has 3 heterocycles. The maximum atomic E-state index is 13.7. The lowest BCUT2D eigenvalue weighted by Crippen LogP contribution is -2.48. The van der Waals surface area contributed by atoms with Crippen LogP contribution in [-0.4, -0.2) is 71.1 Å². The molecule has 2 saturated heterocycles. The van der Waals surface area contributed by atoms with E-state index < -0.39 is 0 Å². The Hall–Kier alpha value is -3.04. The van der Waals surface area contributed by atoms with Crippen molar-refractivity contribution in [1.29, 1.82) is 0 Å². The molecule has 174 valence electrons. The monoisotopic (exact) mass is 452 g/mol. The summed E-state index contributed by atoms with van der Waals surface area (Å²) in [7, 11) is 1.70. The van der Waals surface area contributed by atoms with Crippen LogP contribution in [0.1, 0.15) is 30.3 Å². The SMILES string of the molecule is COc1ccccc1N1CCN(C(c2ccc(F)cc2)c2nnnn2CC2CCCO2)CC1. The van der Waals surface area contributed by atoms with E-state index in [4.69, 9.17) is 9.47 Å². The number of aromatic nitrogens is 4. The molecule has 8 nitrogen and oxygen atoms in total. The van der Waals surface area contributed by atoms with E-state index in [1.165, 1.54) is 12.1 Å². The van der Waals surface area contributed by atoms with Gasteiger partial charge in [-0.25, -0.2) is 9.07 Å². The van der Waals surface area contributed by atoms with E-state index in [0.717, 1.165) is 68.5 Å². The van der Waals surface area contributed by atoms with Gasteiger partial charge in [0, 0.05) is 32.8 Å². The number of tetrazole rings is 1. The van der Waals surface area contributed by atoms with Crippen molar-refractivity contribution in [2.45, 2.75) is 31.5 Å². The third kappa shape index (κ3) is 4.69. The van der Waals surface area contributed by atoms with Crippen molar-refractivity contribution >= 4 is 5.69 Å². The summed E-state index contributed by atoms with van der Waals surface area (Å²) >= 11 is 0. The lowest BCUT2D eigenvalue weighted by molar-refractivity contribution is 0.0906. The van der Waals surface area contributed by atoms with Gasteiger partial charge in [0.25, 0.3) is 0 Å². The van der Waals surface area contributed by atoms with Crippen molar-refractivity contribution in [3.63, 3.8) is 0 Å². The fraction of sp³-hybridized carbons (Fsp3) is 0.458. The summed E-state index contributed by atoms with van der Waals surface area (Å²) < 4.78 is 26.9. The van der Waals surface area contributed by atoms with Crippen LogP contribution < -0.4 is 9.64 Å². The summed E-state index contributed by atoms with van der Waals surface area (Å²) in [6.45, 7) is 4.71. The van der Waals surface area contributed by atoms with Gasteiger partial charge >= 0.3 is 0 Å². The van der Waals surface area contributed by atoms with Crippen LogP contribution in [0.4, 0.5) is 10.1 Å². The van der Waals surface area contributed by atoms with Crippen molar-refractivity contribution in [3.8, 4) is 5.75 Å². The van der Waals surface area contributed by atoms with Crippen LogP contribution in [0.15, 0.2) is 48.5 Å². The third-order valence-electron chi connectivity index (χ3n) is 6.50. The molecule has 0 spiro atoms. The minimum Gasteiger partial charge on any atom is -0.495 e. The molecule has 2 aliphatic rings. The van der Waals surface area contributed by atoms with Gasteiger partial charge in [0.15, 0.2) is 5.82 Å². The second kappa shape index (κ2) is 9.84. The summed E-state index contributed by atoms with van der Waals surface area (Å²) in [5.41, 5.74) is 2.08. The number of benzene rings is 2. The largest absolute Gasteiger partial charge is 0.495 e. The summed E-state index contributed by atoms with van der Waals surface area (Å²) in [5.74, 6) is 1.39. The van der Waals surface area contributed by atoms with Gasteiger partial charge in [-0.1, -0.05) is 24.3 Å². The first kappa shape index (κ1) is 21.8. The van der Waals surface area contributed by atoms with E-state index in [0.29, 0.717) is 6.54 Å². The molecular formula is C24H29FN6O2. The Labute approximate surface area is 192 Å². The Kier molecular flexibility index (Phi) is 6.50. The summed E-state index contributed by atoms with van der Waals surface area (Å²) in [5, 5.41) is 12.7. The van der Waals surface area contributed by atoms with E-state index in [-0.39, 0.29) is 18.0 Å². The van der Waals surface area contributed by atoms with E-state index in [2.05, 4.69) is 31.4 Å². The molecule has 0 aliphatic carbocycles. The first-order valence-electron chi connectivity index (χ1n) is 11.5. The van der Waals surface area contributed by atoms with Gasteiger partial charge in [-0.05, 0) is 53.1 Å². The molecule has 3 aromatic rings. The highest BCUT2D eigenvalue weighted by atomic mass is 19.1. The molecule has 2 fully saturated rings. The van der Waals surface area contributed by atoms with Gasteiger partial charge in [0.2, 0.25) is 0 Å². The van der Waals surface area contributed by atoms with Crippen molar-refractivity contribution in [3.05, 3.63) is 65.7 Å². The van der Waals surface area contributed by atoms with Gasteiger partial charge in [-0.15, -0.1) is 5.10 Å². The van der Waals surface area contributed by atoms with Gasteiger partial charge < -0.3 is 14.4 Å². The average Bonchev–Trinajstić information content (AvgIpc) is 3.54. The van der Waals surface area contributed by atoms with Crippen LogP contribution >= 0.6 is 0 Å². The molecule has 0 bridgehead atoms. The second-order valence-corrected chi connectivity index (χ2v) is 8.50. The van der Waals surface area contributed by atoms with Crippen molar-refractivity contribution < 1.29 is 13.9 Å². The number of halogens is 1. The van der Waals surface area contributed by atoms with E-state index in [1.807, 2.05) is 35.0 Å². The molecule has 0 amide bonds. The number of ether oxygens (including phenoxy) is 2. The molecule has 2 aliphatic heterocycles. The number of para-hydroxylation sites is 2. The van der Waals surface area contributed by atoms with Gasteiger partial charge in [0.05, 0.1) is 31.5 Å². The molecule has 0 radical (unpaired) electrons. The smallest absolute Gasteiger partial charge is 0.173 e. The topological polar surface area (TPSA) is 68.5 Å². The Morgan fingerprint density at radius 3 is 2.61 bits per heavy atom. The number of rotatable bonds is 7. The normalized spacial score (nSPS) is 20.2. The van der Waals surface area contributed by atoms with Crippen molar-refractivity contribution in [1.82, 2.24) is 25.1 Å². The number of nitrogens with zero attached hydrogens (tertiary/aromatic N) is 6. The Morgan fingerprint density at radius 2 is 1.88 bits per heavy atom. The summed E-state index contributed by atoms with van der Waals surface area (Å²) in [6, 6.07) is 14.6. The summed E-state index contributed by atoms with van der Waals surface area (Å²) in [4.78, 5) is 4.71. The predicted octanol–water partition coefficient (Wildman–Crippen LogP) is 2.91. The van der Waals surface area contributed by atoms with E-state index in [9.17, 15) is 4.39 Å². The molecular weight excluding hydrogens is 423 g/mol. The van der Waals surface area contributed by atoms with Crippen molar-refractivity contribution in [2.75, 3.05) is 44.8 Å². The zero-order chi connectivity index (χ0) is 22.6. The Bertz CT molecular complexity index is 1050. The minimum absolute atomic E-state index is 0.128. The zero-order valence-electron chi connectivity index (χ0n) is 18.8. The average molecular weight is 453 g/mol. The van der Waals surface area contributed by atoms with Crippen molar-refractivity contribution in [2.24, 2.45) is 0 Å². The Morgan fingerprint density at radius 1 is 1.09 bits per heavy atom. The minimum atomic E-state index is -0.252. The van der Waals surface area contributed by atoms with Crippen LogP contribution in [0.2, 0.25) is 0 Å². The lowest BCUT2D eigenvalue weighted by Gasteiger charge is -2.40. The fourth-order valence-corrected chi connectivity index (χ4v) is 4.80. The molecule has 1 aromatic heterocycles. The molecule has 0 N–H and O–H groups in total. The number of hydrogen-bond acceptors (Lipinski definition) is 7. The predicted molar refractivity (Wildman–Crippen MR) is 122 cm³/mol. The lowest BCUT2D eigenvalue weighted by atomic mass is 10.0. The maximum Gasteiger partial charge on any atom is 0.173 e. The second-order valence-electron chi connectivity index (χ2n) is 8.50. The molecule has 2 atom stereocenters. The number of hydrogen-bond donors (Lipinski definition) is 0. The summed E-state index contributed by atoms with van der Waals surface area (Å²) in [6.07, 6.45) is 2.20. The quantitative estimate of drug-likeness (QED) is 0.546. The molecule has 0 saturated carbocycles. The molecule has 5 rings (SSSR count). The van der Waals surface area contributed by atoms with Gasteiger partial charge in [-0.3, -0.25) is 4.90 Å². The number of methoxy groups -OCH3 is 1. The Balaban J connectivity index is 1.40. The zero-order valence-corrected chi connectivity index (χ0v) is 18.8. The molecule has 2 unspecified atom stereocenters.